The normalized spacial score (nSPS) is 19.0. The summed E-state index contributed by atoms with van der Waals surface area (Å²) in [6, 6.07) is 9.14. The van der Waals surface area contributed by atoms with E-state index in [4.69, 9.17) is 10.5 Å². The maximum absolute atomic E-state index is 12.1. The third kappa shape index (κ3) is 3.68. The Kier molecular flexibility index (Phi) is 4.37. The molecule has 2 amide bonds. The van der Waals surface area contributed by atoms with E-state index >= 15 is 0 Å². The van der Waals surface area contributed by atoms with Crippen molar-refractivity contribution in [3.63, 3.8) is 0 Å². The van der Waals surface area contributed by atoms with Crippen molar-refractivity contribution in [2.45, 2.75) is 26.0 Å². The van der Waals surface area contributed by atoms with Crippen LogP contribution in [0.25, 0.3) is 0 Å². The van der Waals surface area contributed by atoms with E-state index in [9.17, 15) is 14.4 Å². The molecule has 0 unspecified atom stereocenters. The van der Waals surface area contributed by atoms with Crippen LogP contribution in [0.2, 0.25) is 0 Å². The number of rotatable bonds is 4. The number of nitrogens with two attached hydrogens (primary N) is 1. The highest BCUT2D eigenvalue weighted by Crippen LogP contribution is 2.19. The molecule has 0 bridgehead atoms. The van der Waals surface area contributed by atoms with Crippen LogP contribution < -0.4 is 5.73 Å². The minimum atomic E-state index is -1.07. The number of benzene rings is 1. The van der Waals surface area contributed by atoms with E-state index in [0.717, 1.165) is 16.5 Å². The summed E-state index contributed by atoms with van der Waals surface area (Å²) in [6.07, 6.45) is -0.115. The standard InChI is InChI=1S/C15H16N2O4/c1-10(16)7-14(19)21-12-8-13(18)17(15(12)20)9-11-5-3-2-4-6-11/h2-7,12H,8-9,16H2,1H3/b10-7-/t12-/m0/s1. The fraction of sp³-hybridized carbons (Fsp3) is 0.267. The number of esters is 1. The molecule has 0 spiro atoms. The number of imide groups is 1. The number of ether oxygens (including phenoxy) is 1. The van der Waals surface area contributed by atoms with E-state index in [-0.39, 0.29) is 24.6 Å². The van der Waals surface area contributed by atoms with Gasteiger partial charge in [-0.2, -0.15) is 0 Å². The van der Waals surface area contributed by atoms with Gasteiger partial charge < -0.3 is 10.5 Å². The topological polar surface area (TPSA) is 89.7 Å². The van der Waals surface area contributed by atoms with E-state index in [2.05, 4.69) is 0 Å². The second-order valence-corrected chi connectivity index (χ2v) is 4.82. The van der Waals surface area contributed by atoms with Crippen LogP contribution in [0.4, 0.5) is 0 Å². The lowest BCUT2D eigenvalue weighted by Gasteiger charge is -2.14. The molecular weight excluding hydrogens is 272 g/mol. The molecule has 2 N–H and O–H groups in total. The molecule has 1 heterocycles. The lowest BCUT2D eigenvalue weighted by molar-refractivity contribution is -0.152. The number of amides is 2. The Labute approximate surface area is 122 Å². The van der Waals surface area contributed by atoms with Crippen LogP contribution in [0, 0.1) is 0 Å². The molecule has 110 valence electrons. The Morgan fingerprint density at radius 3 is 2.67 bits per heavy atom. The van der Waals surface area contributed by atoms with Crippen LogP contribution in [0.15, 0.2) is 42.1 Å². The predicted octanol–water partition coefficient (Wildman–Crippen LogP) is 0.720. The molecule has 1 aromatic rings. The molecule has 0 aromatic heterocycles. The van der Waals surface area contributed by atoms with Gasteiger partial charge in [0.2, 0.25) is 5.91 Å². The third-order valence-corrected chi connectivity index (χ3v) is 2.99. The number of carbonyl (C=O) groups is 3. The van der Waals surface area contributed by atoms with Crippen molar-refractivity contribution in [1.29, 1.82) is 0 Å². The van der Waals surface area contributed by atoms with Crippen molar-refractivity contribution in [3.05, 3.63) is 47.7 Å². The summed E-state index contributed by atoms with van der Waals surface area (Å²) in [5, 5.41) is 0. The summed E-state index contributed by atoms with van der Waals surface area (Å²) < 4.78 is 4.97. The Hall–Kier alpha value is -2.63. The molecule has 6 nitrogen and oxygen atoms in total. The second-order valence-electron chi connectivity index (χ2n) is 4.82. The summed E-state index contributed by atoms with van der Waals surface area (Å²) >= 11 is 0. The fourth-order valence-electron chi connectivity index (χ4n) is 2.04. The average Bonchev–Trinajstić information content (AvgIpc) is 2.67. The Bertz CT molecular complexity index is 591. The quantitative estimate of drug-likeness (QED) is 0.501. The van der Waals surface area contributed by atoms with Crippen LogP contribution in [-0.2, 0) is 25.7 Å². The first-order valence-electron chi connectivity index (χ1n) is 6.50. The van der Waals surface area contributed by atoms with Gasteiger partial charge in [-0.15, -0.1) is 0 Å². The largest absolute Gasteiger partial charge is 0.448 e. The molecule has 1 saturated heterocycles. The maximum Gasteiger partial charge on any atom is 0.333 e. The average molecular weight is 288 g/mol. The molecule has 0 saturated carbocycles. The van der Waals surface area contributed by atoms with Crippen molar-refractivity contribution in [3.8, 4) is 0 Å². The third-order valence-electron chi connectivity index (χ3n) is 2.99. The van der Waals surface area contributed by atoms with Crippen LogP contribution in [0.1, 0.15) is 18.9 Å². The van der Waals surface area contributed by atoms with Crippen molar-refractivity contribution in [2.75, 3.05) is 0 Å². The first-order chi connectivity index (χ1) is 9.97. The number of hydrogen-bond acceptors (Lipinski definition) is 5. The van der Waals surface area contributed by atoms with Crippen LogP contribution in [-0.4, -0.2) is 28.8 Å². The smallest absolute Gasteiger partial charge is 0.333 e. The first kappa shape index (κ1) is 14.8. The zero-order chi connectivity index (χ0) is 15.4. The predicted molar refractivity (Wildman–Crippen MR) is 74.4 cm³/mol. The molecule has 1 aromatic carbocycles. The SMILES string of the molecule is C/C(N)=C/C(=O)O[C@H]1CC(=O)N(Cc2ccccc2)C1=O. The van der Waals surface area contributed by atoms with Gasteiger partial charge in [0.1, 0.15) is 0 Å². The number of hydrogen-bond donors (Lipinski definition) is 1. The van der Waals surface area contributed by atoms with Crippen molar-refractivity contribution < 1.29 is 19.1 Å². The summed E-state index contributed by atoms with van der Waals surface area (Å²) in [4.78, 5) is 36.6. The second kappa shape index (κ2) is 6.21. The zero-order valence-electron chi connectivity index (χ0n) is 11.6. The molecule has 2 rings (SSSR count). The van der Waals surface area contributed by atoms with Crippen molar-refractivity contribution >= 4 is 17.8 Å². The molecule has 1 atom stereocenters. The summed E-state index contributed by atoms with van der Waals surface area (Å²) in [5.74, 6) is -1.57. The van der Waals surface area contributed by atoms with Gasteiger partial charge in [0.05, 0.1) is 13.0 Å². The first-order valence-corrected chi connectivity index (χ1v) is 6.50. The van der Waals surface area contributed by atoms with Gasteiger partial charge in [-0.05, 0) is 12.5 Å². The molecule has 21 heavy (non-hydrogen) atoms. The number of nitrogens with zero attached hydrogens (tertiary/aromatic N) is 1. The minimum absolute atomic E-state index is 0.130. The highest BCUT2D eigenvalue weighted by Gasteiger charge is 2.40. The van der Waals surface area contributed by atoms with Crippen LogP contribution >= 0.6 is 0 Å². The van der Waals surface area contributed by atoms with E-state index < -0.39 is 18.0 Å². The summed E-state index contributed by atoms with van der Waals surface area (Å²) in [7, 11) is 0. The minimum Gasteiger partial charge on any atom is -0.448 e. The molecular formula is C15H16N2O4. The zero-order valence-corrected chi connectivity index (χ0v) is 11.6. The van der Waals surface area contributed by atoms with Gasteiger partial charge in [-0.3, -0.25) is 14.5 Å². The maximum atomic E-state index is 12.1. The lowest BCUT2D eigenvalue weighted by Crippen LogP contribution is -2.33. The Balaban J connectivity index is 2.03. The molecule has 6 heteroatoms. The highest BCUT2D eigenvalue weighted by atomic mass is 16.5. The van der Waals surface area contributed by atoms with E-state index in [1.54, 1.807) is 0 Å². The molecule has 0 aliphatic carbocycles. The van der Waals surface area contributed by atoms with Crippen LogP contribution in [0.5, 0.6) is 0 Å². The number of carbonyl (C=O) groups excluding carboxylic acids is 3. The summed E-state index contributed by atoms with van der Waals surface area (Å²) in [6.45, 7) is 1.71. The van der Waals surface area contributed by atoms with E-state index in [0.29, 0.717) is 0 Å². The van der Waals surface area contributed by atoms with Crippen LogP contribution in [0.3, 0.4) is 0 Å². The van der Waals surface area contributed by atoms with Gasteiger partial charge in [-0.25, -0.2) is 4.79 Å². The van der Waals surface area contributed by atoms with Gasteiger partial charge in [-0.1, -0.05) is 30.3 Å². The van der Waals surface area contributed by atoms with Crippen molar-refractivity contribution in [1.82, 2.24) is 4.90 Å². The van der Waals surface area contributed by atoms with Gasteiger partial charge in [0.25, 0.3) is 5.91 Å². The summed E-state index contributed by atoms with van der Waals surface area (Å²) in [5.41, 5.74) is 6.47. The Morgan fingerprint density at radius 1 is 1.38 bits per heavy atom. The lowest BCUT2D eigenvalue weighted by atomic mass is 10.2. The molecule has 1 fully saturated rings. The van der Waals surface area contributed by atoms with Gasteiger partial charge in [0, 0.05) is 11.8 Å². The van der Waals surface area contributed by atoms with E-state index in [1.807, 2.05) is 30.3 Å². The molecule has 1 aliphatic rings. The van der Waals surface area contributed by atoms with E-state index in [1.165, 1.54) is 6.92 Å². The molecule has 0 radical (unpaired) electrons. The Morgan fingerprint density at radius 2 is 2.05 bits per heavy atom. The monoisotopic (exact) mass is 288 g/mol. The van der Waals surface area contributed by atoms with Gasteiger partial charge in [0.15, 0.2) is 6.10 Å². The highest BCUT2D eigenvalue weighted by molar-refractivity contribution is 6.05. The molecule has 1 aliphatic heterocycles. The number of allylic oxidation sites excluding steroid dienone is 1. The number of likely N-dealkylation sites (tertiary alicyclic amines) is 1. The van der Waals surface area contributed by atoms with Gasteiger partial charge >= 0.3 is 5.97 Å². The van der Waals surface area contributed by atoms with Crippen molar-refractivity contribution in [2.24, 2.45) is 5.73 Å². The fourth-order valence-corrected chi connectivity index (χ4v) is 2.04.